The fourth-order valence-electron chi connectivity index (χ4n) is 1.70. The number of hydrogen-bond acceptors (Lipinski definition) is 2. The fourth-order valence-corrected chi connectivity index (χ4v) is 1.70. The van der Waals surface area contributed by atoms with Crippen molar-refractivity contribution >= 4 is 11.9 Å². The summed E-state index contributed by atoms with van der Waals surface area (Å²) < 4.78 is 0. The molecular formula is C9H15NO3. The van der Waals surface area contributed by atoms with Crippen molar-refractivity contribution in [2.45, 2.75) is 38.6 Å². The van der Waals surface area contributed by atoms with Crippen LogP contribution in [-0.4, -0.2) is 23.0 Å². The van der Waals surface area contributed by atoms with E-state index in [1.54, 1.807) is 0 Å². The van der Waals surface area contributed by atoms with Crippen molar-refractivity contribution in [2.75, 3.05) is 0 Å². The molecule has 0 unspecified atom stereocenters. The van der Waals surface area contributed by atoms with Gasteiger partial charge in [0.05, 0.1) is 0 Å². The Hall–Kier alpha value is -1.06. The molecule has 1 amide bonds. The molecule has 74 valence electrons. The van der Waals surface area contributed by atoms with Crippen molar-refractivity contribution in [3.05, 3.63) is 0 Å². The van der Waals surface area contributed by atoms with Crippen molar-refractivity contribution in [1.29, 1.82) is 0 Å². The van der Waals surface area contributed by atoms with Gasteiger partial charge in [-0.25, -0.2) is 4.79 Å². The second-order valence-corrected chi connectivity index (χ2v) is 3.49. The van der Waals surface area contributed by atoms with E-state index < -0.39 is 12.0 Å². The van der Waals surface area contributed by atoms with Crippen LogP contribution in [-0.2, 0) is 9.59 Å². The topological polar surface area (TPSA) is 66.4 Å². The summed E-state index contributed by atoms with van der Waals surface area (Å²) in [6.45, 7) is 2.06. The molecule has 0 aliphatic carbocycles. The van der Waals surface area contributed by atoms with E-state index >= 15 is 0 Å². The summed E-state index contributed by atoms with van der Waals surface area (Å²) in [4.78, 5) is 21.7. The summed E-state index contributed by atoms with van der Waals surface area (Å²) >= 11 is 0. The van der Waals surface area contributed by atoms with E-state index in [-0.39, 0.29) is 11.8 Å². The largest absolute Gasteiger partial charge is 0.480 e. The molecule has 4 nitrogen and oxygen atoms in total. The van der Waals surface area contributed by atoms with Crippen LogP contribution >= 0.6 is 0 Å². The van der Waals surface area contributed by atoms with E-state index in [0.717, 1.165) is 19.3 Å². The smallest absolute Gasteiger partial charge is 0.326 e. The molecule has 1 fully saturated rings. The standard InChI is InChI=1S/C9H15NO3/c1-2-3-4-6-5-7(11)10-8(6)9(12)13/h6,8H,2-5H2,1H3,(H,10,11)(H,12,13)/t6-,8+/m1/s1. The van der Waals surface area contributed by atoms with Crippen LogP contribution in [0.3, 0.4) is 0 Å². The zero-order valence-corrected chi connectivity index (χ0v) is 7.75. The number of unbranched alkanes of at least 4 members (excludes halogenated alkanes) is 1. The lowest BCUT2D eigenvalue weighted by Crippen LogP contribution is -2.36. The Kier molecular flexibility index (Phi) is 3.28. The van der Waals surface area contributed by atoms with Crippen LogP contribution in [0.5, 0.6) is 0 Å². The zero-order chi connectivity index (χ0) is 9.84. The van der Waals surface area contributed by atoms with Gasteiger partial charge in [-0.1, -0.05) is 19.8 Å². The van der Waals surface area contributed by atoms with Crippen molar-refractivity contribution in [3.8, 4) is 0 Å². The monoisotopic (exact) mass is 185 g/mol. The van der Waals surface area contributed by atoms with Crippen molar-refractivity contribution in [3.63, 3.8) is 0 Å². The van der Waals surface area contributed by atoms with E-state index in [0.29, 0.717) is 6.42 Å². The van der Waals surface area contributed by atoms with Gasteiger partial charge in [-0.05, 0) is 12.3 Å². The third kappa shape index (κ3) is 2.44. The number of rotatable bonds is 4. The average Bonchev–Trinajstić information content (AvgIpc) is 2.43. The molecule has 2 atom stereocenters. The van der Waals surface area contributed by atoms with Gasteiger partial charge in [-0.3, -0.25) is 4.79 Å². The Morgan fingerprint density at radius 1 is 1.69 bits per heavy atom. The first-order valence-corrected chi connectivity index (χ1v) is 4.67. The number of hydrogen-bond donors (Lipinski definition) is 2. The van der Waals surface area contributed by atoms with Crippen LogP contribution in [0.15, 0.2) is 0 Å². The Morgan fingerprint density at radius 2 is 2.38 bits per heavy atom. The lowest BCUT2D eigenvalue weighted by atomic mass is 9.94. The SMILES string of the molecule is CCCC[C@@H]1CC(=O)N[C@@H]1C(=O)O. The molecule has 0 aromatic heterocycles. The molecule has 1 rings (SSSR count). The van der Waals surface area contributed by atoms with Crippen molar-refractivity contribution < 1.29 is 14.7 Å². The zero-order valence-electron chi connectivity index (χ0n) is 7.75. The molecule has 0 aromatic carbocycles. The van der Waals surface area contributed by atoms with E-state index in [1.807, 2.05) is 0 Å². The summed E-state index contributed by atoms with van der Waals surface area (Å²) in [5, 5.41) is 11.3. The van der Waals surface area contributed by atoms with Gasteiger partial charge in [0.25, 0.3) is 0 Å². The minimum absolute atomic E-state index is 0.00931. The van der Waals surface area contributed by atoms with E-state index in [1.165, 1.54) is 0 Å². The van der Waals surface area contributed by atoms with Gasteiger partial charge in [-0.15, -0.1) is 0 Å². The molecule has 0 saturated carbocycles. The third-order valence-electron chi connectivity index (χ3n) is 2.43. The normalized spacial score (nSPS) is 27.3. The summed E-state index contributed by atoms with van der Waals surface area (Å²) in [5.41, 5.74) is 0. The maximum absolute atomic E-state index is 11.0. The summed E-state index contributed by atoms with van der Waals surface area (Å²) in [5.74, 6) is -1.05. The second-order valence-electron chi connectivity index (χ2n) is 3.49. The van der Waals surface area contributed by atoms with Crippen LogP contribution < -0.4 is 5.32 Å². The highest BCUT2D eigenvalue weighted by Gasteiger charge is 2.36. The van der Waals surface area contributed by atoms with Gasteiger partial charge in [0, 0.05) is 6.42 Å². The molecule has 1 aliphatic heterocycles. The highest BCUT2D eigenvalue weighted by molar-refractivity contribution is 5.87. The average molecular weight is 185 g/mol. The number of aliphatic carboxylic acids is 1. The van der Waals surface area contributed by atoms with Gasteiger partial charge >= 0.3 is 5.97 Å². The second kappa shape index (κ2) is 4.25. The minimum atomic E-state index is -0.910. The van der Waals surface area contributed by atoms with Crippen molar-refractivity contribution in [1.82, 2.24) is 5.32 Å². The predicted molar refractivity (Wildman–Crippen MR) is 47.2 cm³/mol. The number of amides is 1. The van der Waals surface area contributed by atoms with Crippen molar-refractivity contribution in [2.24, 2.45) is 5.92 Å². The first kappa shape index (κ1) is 10.0. The van der Waals surface area contributed by atoms with Gasteiger partial charge in [0.15, 0.2) is 0 Å². The van der Waals surface area contributed by atoms with Crippen LogP contribution in [0.1, 0.15) is 32.6 Å². The molecule has 4 heteroatoms. The lowest BCUT2D eigenvalue weighted by Gasteiger charge is -2.13. The molecule has 1 heterocycles. The van der Waals surface area contributed by atoms with Gasteiger partial charge < -0.3 is 10.4 Å². The first-order chi connectivity index (χ1) is 6.15. The maximum Gasteiger partial charge on any atom is 0.326 e. The highest BCUT2D eigenvalue weighted by Crippen LogP contribution is 2.22. The van der Waals surface area contributed by atoms with Gasteiger partial charge in [-0.2, -0.15) is 0 Å². The Balaban J connectivity index is 2.50. The van der Waals surface area contributed by atoms with Gasteiger partial charge in [0.1, 0.15) is 6.04 Å². The minimum Gasteiger partial charge on any atom is -0.480 e. The molecule has 0 radical (unpaired) electrons. The molecule has 0 spiro atoms. The third-order valence-corrected chi connectivity index (χ3v) is 2.43. The summed E-state index contributed by atoms with van der Waals surface area (Å²) in [6, 6.07) is -0.654. The lowest BCUT2D eigenvalue weighted by molar-refractivity contribution is -0.140. The number of carboxylic acid groups (broad SMARTS) is 1. The highest BCUT2D eigenvalue weighted by atomic mass is 16.4. The quantitative estimate of drug-likeness (QED) is 0.679. The van der Waals surface area contributed by atoms with Crippen LogP contribution in [0, 0.1) is 5.92 Å². The molecule has 0 aromatic rings. The van der Waals surface area contributed by atoms with Crippen LogP contribution in [0.4, 0.5) is 0 Å². The number of carbonyl (C=O) groups is 2. The Labute approximate surface area is 77.3 Å². The summed E-state index contributed by atoms with van der Waals surface area (Å²) in [7, 11) is 0. The molecular weight excluding hydrogens is 170 g/mol. The first-order valence-electron chi connectivity index (χ1n) is 4.67. The van der Waals surface area contributed by atoms with Crippen LogP contribution in [0.25, 0.3) is 0 Å². The number of carbonyl (C=O) groups excluding carboxylic acids is 1. The number of carboxylic acids is 1. The summed E-state index contributed by atoms with van der Waals surface area (Å²) in [6.07, 6.45) is 3.23. The van der Waals surface area contributed by atoms with Gasteiger partial charge in [0.2, 0.25) is 5.91 Å². The molecule has 2 N–H and O–H groups in total. The molecule has 13 heavy (non-hydrogen) atoms. The molecule has 0 bridgehead atoms. The Bertz CT molecular complexity index is 215. The van der Waals surface area contributed by atoms with E-state index in [2.05, 4.69) is 12.2 Å². The fraction of sp³-hybridized carbons (Fsp3) is 0.778. The Morgan fingerprint density at radius 3 is 2.92 bits per heavy atom. The van der Waals surface area contributed by atoms with E-state index in [9.17, 15) is 9.59 Å². The maximum atomic E-state index is 11.0. The molecule has 1 aliphatic rings. The predicted octanol–water partition coefficient (Wildman–Crippen LogP) is 0.766. The van der Waals surface area contributed by atoms with Crippen LogP contribution in [0.2, 0.25) is 0 Å². The molecule has 1 saturated heterocycles. The van der Waals surface area contributed by atoms with E-state index in [4.69, 9.17) is 5.11 Å². The number of nitrogens with one attached hydrogen (secondary N) is 1.